The largest absolute Gasteiger partial charge is 0.385 e. The van der Waals surface area contributed by atoms with Crippen LogP contribution in [0, 0.1) is 0 Å². The molecule has 1 aromatic rings. The van der Waals surface area contributed by atoms with Crippen molar-refractivity contribution < 1.29 is 5.11 Å². The van der Waals surface area contributed by atoms with E-state index >= 15 is 0 Å². The molecule has 0 heterocycles. The Labute approximate surface area is 157 Å². The first-order valence-corrected chi connectivity index (χ1v) is 11.0. The SMILES string of the molecule is CCCCCCCCCCCCCCCC(O)(CC)c1ccccc1. The first kappa shape index (κ1) is 22.2. The molecule has 0 saturated heterocycles. The average molecular weight is 347 g/mol. The van der Waals surface area contributed by atoms with E-state index in [1.54, 1.807) is 0 Å². The summed E-state index contributed by atoms with van der Waals surface area (Å²) in [5.74, 6) is 0. The Kier molecular flexibility index (Phi) is 12.8. The van der Waals surface area contributed by atoms with Gasteiger partial charge in [0.2, 0.25) is 0 Å². The molecule has 1 unspecified atom stereocenters. The normalized spacial score (nSPS) is 13.7. The Hall–Kier alpha value is -0.820. The molecular formula is C24H42O. The van der Waals surface area contributed by atoms with Crippen molar-refractivity contribution in [3.05, 3.63) is 35.9 Å². The lowest BCUT2D eigenvalue weighted by Crippen LogP contribution is -2.24. The summed E-state index contributed by atoms with van der Waals surface area (Å²) in [5.41, 5.74) is 0.454. The van der Waals surface area contributed by atoms with Gasteiger partial charge in [0.15, 0.2) is 0 Å². The monoisotopic (exact) mass is 346 g/mol. The second-order valence-electron chi connectivity index (χ2n) is 7.74. The summed E-state index contributed by atoms with van der Waals surface area (Å²) in [4.78, 5) is 0. The summed E-state index contributed by atoms with van der Waals surface area (Å²) in [7, 11) is 0. The minimum absolute atomic E-state index is 0.626. The smallest absolute Gasteiger partial charge is 0.0893 e. The van der Waals surface area contributed by atoms with E-state index in [1.165, 1.54) is 77.0 Å². The van der Waals surface area contributed by atoms with E-state index in [-0.39, 0.29) is 0 Å². The third-order valence-corrected chi connectivity index (χ3v) is 5.59. The second-order valence-corrected chi connectivity index (χ2v) is 7.74. The fraction of sp³-hybridized carbons (Fsp3) is 0.750. The minimum atomic E-state index is -0.626. The topological polar surface area (TPSA) is 20.2 Å². The molecule has 1 rings (SSSR count). The lowest BCUT2D eigenvalue weighted by atomic mass is 9.86. The maximum atomic E-state index is 10.9. The molecular weight excluding hydrogens is 304 g/mol. The quantitative estimate of drug-likeness (QED) is 0.303. The highest BCUT2D eigenvalue weighted by atomic mass is 16.3. The van der Waals surface area contributed by atoms with Crippen LogP contribution >= 0.6 is 0 Å². The summed E-state index contributed by atoms with van der Waals surface area (Å²) in [5, 5.41) is 10.9. The first-order valence-electron chi connectivity index (χ1n) is 11.0. The molecule has 0 aliphatic heterocycles. The van der Waals surface area contributed by atoms with E-state index in [9.17, 15) is 5.11 Å². The molecule has 25 heavy (non-hydrogen) atoms. The van der Waals surface area contributed by atoms with E-state index < -0.39 is 5.60 Å². The summed E-state index contributed by atoms with van der Waals surface area (Å²) in [6.45, 7) is 4.37. The van der Waals surface area contributed by atoms with Crippen LogP contribution in [0.5, 0.6) is 0 Å². The van der Waals surface area contributed by atoms with Crippen molar-refractivity contribution in [3.63, 3.8) is 0 Å². The molecule has 0 fully saturated rings. The molecule has 0 bridgehead atoms. The lowest BCUT2D eigenvalue weighted by molar-refractivity contribution is 0.0207. The summed E-state index contributed by atoms with van der Waals surface area (Å²) in [6, 6.07) is 10.2. The Morgan fingerprint density at radius 1 is 0.640 bits per heavy atom. The number of benzene rings is 1. The number of hydrogen-bond acceptors (Lipinski definition) is 1. The maximum Gasteiger partial charge on any atom is 0.0893 e. The van der Waals surface area contributed by atoms with E-state index in [4.69, 9.17) is 0 Å². The van der Waals surface area contributed by atoms with Crippen LogP contribution in [0.15, 0.2) is 30.3 Å². The van der Waals surface area contributed by atoms with Gasteiger partial charge in [-0.15, -0.1) is 0 Å². The minimum Gasteiger partial charge on any atom is -0.385 e. The van der Waals surface area contributed by atoms with Crippen molar-refractivity contribution in [2.24, 2.45) is 0 Å². The molecule has 0 aliphatic rings. The maximum absolute atomic E-state index is 10.9. The molecule has 0 amide bonds. The van der Waals surface area contributed by atoms with Crippen LogP contribution < -0.4 is 0 Å². The Morgan fingerprint density at radius 3 is 1.52 bits per heavy atom. The van der Waals surface area contributed by atoms with Gasteiger partial charge in [-0.25, -0.2) is 0 Å². The average Bonchev–Trinajstić information content (AvgIpc) is 2.66. The van der Waals surface area contributed by atoms with Gasteiger partial charge < -0.3 is 5.11 Å². The number of rotatable bonds is 16. The molecule has 0 aromatic heterocycles. The van der Waals surface area contributed by atoms with Crippen LogP contribution in [0.3, 0.4) is 0 Å². The molecule has 1 aromatic carbocycles. The third kappa shape index (κ3) is 10.0. The van der Waals surface area contributed by atoms with Gasteiger partial charge in [0, 0.05) is 0 Å². The number of aliphatic hydroxyl groups is 1. The predicted molar refractivity (Wildman–Crippen MR) is 111 cm³/mol. The summed E-state index contributed by atoms with van der Waals surface area (Å²) < 4.78 is 0. The van der Waals surface area contributed by atoms with E-state index in [0.29, 0.717) is 0 Å². The second kappa shape index (κ2) is 14.4. The summed E-state index contributed by atoms with van der Waals surface area (Å²) >= 11 is 0. The highest BCUT2D eigenvalue weighted by Gasteiger charge is 2.25. The van der Waals surface area contributed by atoms with Crippen LogP contribution in [-0.4, -0.2) is 5.11 Å². The van der Waals surface area contributed by atoms with Gasteiger partial charge in [0.25, 0.3) is 0 Å². The Balaban J connectivity index is 1.97. The fourth-order valence-corrected chi connectivity index (χ4v) is 3.71. The van der Waals surface area contributed by atoms with Crippen LogP contribution in [0.2, 0.25) is 0 Å². The molecule has 0 saturated carbocycles. The molecule has 0 radical (unpaired) electrons. The van der Waals surface area contributed by atoms with Gasteiger partial charge >= 0.3 is 0 Å². The zero-order chi connectivity index (χ0) is 18.2. The fourth-order valence-electron chi connectivity index (χ4n) is 3.71. The van der Waals surface area contributed by atoms with Gasteiger partial charge in [-0.05, 0) is 18.4 Å². The highest BCUT2D eigenvalue weighted by Crippen LogP contribution is 2.30. The Morgan fingerprint density at radius 2 is 1.08 bits per heavy atom. The van der Waals surface area contributed by atoms with Gasteiger partial charge in [-0.3, -0.25) is 0 Å². The molecule has 1 N–H and O–H groups in total. The van der Waals surface area contributed by atoms with Gasteiger partial charge in [0.05, 0.1) is 5.60 Å². The van der Waals surface area contributed by atoms with Crippen molar-refractivity contribution in [2.75, 3.05) is 0 Å². The molecule has 0 spiro atoms. The van der Waals surface area contributed by atoms with Gasteiger partial charge in [-0.1, -0.05) is 128 Å². The zero-order valence-electron chi connectivity index (χ0n) is 16.9. The van der Waals surface area contributed by atoms with Crippen molar-refractivity contribution >= 4 is 0 Å². The van der Waals surface area contributed by atoms with Crippen LogP contribution in [0.25, 0.3) is 0 Å². The third-order valence-electron chi connectivity index (χ3n) is 5.59. The predicted octanol–water partition coefficient (Wildman–Crippen LogP) is 7.77. The molecule has 1 nitrogen and oxygen atoms in total. The van der Waals surface area contributed by atoms with Crippen LogP contribution in [0.1, 0.15) is 116 Å². The van der Waals surface area contributed by atoms with Gasteiger partial charge in [-0.2, -0.15) is 0 Å². The lowest BCUT2D eigenvalue weighted by Gasteiger charge is -2.27. The first-order chi connectivity index (χ1) is 12.2. The highest BCUT2D eigenvalue weighted by molar-refractivity contribution is 5.21. The van der Waals surface area contributed by atoms with Crippen molar-refractivity contribution in [1.29, 1.82) is 0 Å². The van der Waals surface area contributed by atoms with Crippen molar-refractivity contribution in [1.82, 2.24) is 0 Å². The summed E-state index contributed by atoms with van der Waals surface area (Å²) in [6.07, 6.45) is 19.5. The molecule has 1 atom stereocenters. The van der Waals surface area contributed by atoms with Gasteiger partial charge in [0.1, 0.15) is 0 Å². The van der Waals surface area contributed by atoms with Crippen LogP contribution in [0.4, 0.5) is 0 Å². The van der Waals surface area contributed by atoms with E-state index in [1.807, 2.05) is 18.2 Å². The molecule has 0 aliphatic carbocycles. The van der Waals surface area contributed by atoms with Crippen molar-refractivity contribution in [3.8, 4) is 0 Å². The Bertz CT molecular complexity index is 400. The number of unbranched alkanes of at least 4 members (excludes halogenated alkanes) is 12. The van der Waals surface area contributed by atoms with Crippen LogP contribution in [-0.2, 0) is 5.60 Å². The van der Waals surface area contributed by atoms with Crippen molar-refractivity contribution in [2.45, 2.75) is 116 Å². The van der Waals surface area contributed by atoms with E-state index in [0.717, 1.165) is 24.8 Å². The number of hydrogen-bond donors (Lipinski definition) is 1. The molecule has 144 valence electrons. The zero-order valence-corrected chi connectivity index (χ0v) is 16.9. The van der Waals surface area contributed by atoms with E-state index in [2.05, 4.69) is 26.0 Å². The molecule has 1 heteroatoms. The standard InChI is InChI=1S/C24H42O/c1-3-5-6-7-8-9-10-11-12-13-14-15-19-22-24(25,4-2)23-20-17-16-18-21-23/h16-18,20-21,25H,3-15,19,22H2,1-2H3.